The van der Waals surface area contributed by atoms with E-state index in [1.54, 1.807) is 0 Å². The third-order valence-electron chi connectivity index (χ3n) is 2.95. The topological polar surface area (TPSA) is 54.7 Å². The van der Waals surface area contributed by atoms with E-state index in [1.165, 1.54) is 6.07 Å². The highest BCUT2D eigenvalue weighted by Crippen LogP contribution is 2.19. The molecule has 5 heteroatoms. The Morgan fingerprint density at radius 2 is 2.18 bits per heavy atom. The van der Waals surface area contributed by atoms with Crippen molar-refractivity contribution >= 4 is 11.0 Å². The standard InChI is InChI=1S/C12H15F2N3/c1-2-7(6-15)3-11-16-10-5-8(13)4-9(14)12(10)17-11/h4-5,7H,2-3,6,15H2,1H3,(H,16,17). The van der Waals surface area contributed by atoms with E-state index in [1.807, 2.05) is 6.92 Å². The number of imidazole rings is 1. The maximum Gasteiger partial charge on any atom is 0.153 e. The number of benzene rings is 1. The fourth-order valence-electron chi connectivity index (χ4n) is 1.86. The van der Waals surface area contributed by atoms with Crippen molar-refractivity contribution in [3.63, 3.8) is 0 Å². The fourth-order valence-corrected chi connectivity index (χ4v) is 1.86. The molecule has 1 aromatic carbocycles. The predicted molar refractivity (Wildman–Crippen MR) is 62.5 cm³/mol. The summed E-state index contributed by atoms with van der Waals surface area (Å²) in [4.78, 5) is 7.07. The zero-order valence-corrected chi connectivity index (χ0v) is 9.63. The average molecular weight is 239 g/mol. The van der Waals surface area contributed by atoms with Crippen LogP contribution in [0.3, 0.4) is 0 Å². The van der Waals surface area contributed by atoms with Crippen molar-refractivity contribution < 1.29 is 8.78 Å². The Hall–Kier alpha value is -1.49. The van der Waals surface area contributed by atoms with Gasteiger partial charge in [-0.2, -0.15) is 0 Å². The van der Waals surface area contributed by atoms with Gasteiger partial charge in [-0.05, 0) is 18.5 Å². The molecule has 1 unspecified atom stereocenters. The van der Waals surface area contributed by atoms with Crippen LogP contribution in [0.2, 0.25) is 0 Å². The summed E-state index contributed by atoms with van der Waals surface area (Å²) >= 11 is 0. The largest absolute Gasteiger partial charge is 0.342 e. The molecule has 0 fully saturated rings. The van der Waals surface area contributed by atoms with Crippen molar-refractivity contribution in [1.82, 2.24) is 9.97 Å². The third-order valence-corrected chi connectivity index (χ3v) is 2.95. The smallest absolute Gasteiger partial charge is 0.153 e. The van der Waals surface area contributed by atoms with Crippen LogP contribution < -0.4 is 5.73 Å². The summed E-state index contributed by atoms with van der Waals surface area (Å²) in [6.45, 7) is 2.60. The van der Waals surface area contributed by atoms with Crippen molar-refractivity contribution in [3.8, 4) is 0 Å². The lowest BCUT2D eigenvalue weighted by Gasteiger charge is -2.08. The molecule has 0 aliphatic carbocycles. The molecule has 92 valence electrons. The number of nitrogens with two attached hydrogens (primary N) is 1. The Labute approximate surface area is 98.0 Å². The number of nitrogens with one attached hydrogen (secondary N) is 1. The minimum Gasteiger partial charge on any atom is -0.342 e. The van der Waals surface area contributed by atoms with Gasteiger partial charge in [0.2, 0.25) is 0 Å². The minimum absolute atomic E-state index is 0.188. The van der Waals surface area contributed by atoms with E-state index in [0.29, 0.717) is 30.2 Å². The average Bonchev–Trinajstić information content (AvgIpc) is 2.68. The van der Waals surface area contributed by atoms with E-state index in [-0.39, 0.29) is 5.52 Å². The number of fused-ring (bicyclic) bond motifs is 1. The van der Waals surface area contributed by atoms with Crippen LogP contribution in [0.4, 0.5) is 8.78 Å². The second-order valence-corrected chi connectivity index (χ2v) is 4.18. The molecule has 17 heavy (non-hydrogen) atoms. The van der Waals surface area contributed by atoms with Crippen LogP contribution in [0, 0.1) is 17.6 Å². The zero-order chi connectivity index (χ0) is 12.4. The van der Waals surface area contributed by atoms with Gasteiger partial charge < -0.3 is 10.7 Å². The number of H-pyrrole nitrogens is 1. The van der Waals surface area contributed by atoms with Crippen molar-refractivity contribution in [3.05, 3.63) is 29.6 Å². The van der Waals surface area contributed by atoms with E-state index in [4.69, 9.17) is 5.73 Å². The maximum atomic E-state index is 13.4. The van der Waals surface area contributed by atoms with Gasteiger partial charge in [-0.3, -0.25) is 0 Å². The minimum atomic E-state index is -0.636. The number of hydrogen-bond acceptors (Lipinski definition) is 2. The summed E-state index contributed by atoms with van der Waals surface area (Å²) in [6.07, 6.45) is 1.59. The van der Waals surface area contributed by atoms with Gasteiger partial charge in [0.1, 0.15) is 17.2 Å². The van der Waals surface area contributed by atoms with Crippen LogP contribution in [0.25, 0.3) is 11.0 Å². The number of aromatic nitrogens is 2. The summed E-state index contributed by atoms with van der Waals surface area (Å²) in [5.74, 6) is -0.273. The van der Waals surface area contributed by atoms with Crippen LogP contribution >= 0.6 is 0 Å². The van der Waals surface area contributed by atoms with Crippen molar-refractivity contribution in [2.24, 2.45) is 11.7 Å². The molecule has 0 radical (unpaired) electrons. The first-order chi connectivity index (χ1) is 8.13. The highest BCUT2D eigenvalue weighted by atomic mass is 19.1. The maximum absolute atomic E-state index is 13.4. The van der Waals surface area contributed by atoms with Gasteiger partial charge in [-0.1, -0.05) is 13.3 Å². The lowest BCUT2D eigenvalue weighted by Crippen LogP contribution is -2.16. The first-order valence-corrected chi connectivity index (χ1v) is 5.67. The zero-order valence-electron chi connectivity index (χ0n) is 9.63. The third kappa shape index (κ3) is 2.44. The van der Waals surface area contributed by atoms with Crippen molar-refractivity contribution in [2.75, 3.05) is 6.54 Å². The first kappa shape index (κ1) is 12.0. The summed E-state index contributed by atoms with van der Waals surface area (Å²) < 4.78 is 26.4. The molecule has 1 atom stereocenters. The SMILES string of the molecule is CCC(CN)Cc1nc2c(F)cc(F)cc2[nH]1. The molecule has 3 nitrogen and oxygen atoms in total. The molecule has 0 bridgehead atoms. The second-order valence-electron chi connectivity index (χ2n) is 4.18. The van der Waals surface area contributed by atoms with Crippen LogP contribution in [0.5, 0.6) is 0 Å². The van der Waals surface area contributed by atoms with Gasteiger partial charge in [0.15, 0.2) is 5.82 Å². The molecule has 0 saturated carbocycles. The number of halogens is 2. The highest BCUT2D eigenvalue weighted by molar-refractivity contribution is 5.75. The Morgan fingerprint density at radius 3 is 2.82 bits per heavy atom. The lowest BCUT2D eigenvalue weighted by molar-refractivity contribution is 0.508. The number of aromatic amines is 1. The lowest BCUT2D eigenvalue weighted by atomic mass is 10.0. The van der Waals surface area contributed by atoms with E-state index < -0.39 is 11.6 Å². The molecule has 2 rings (SSSR count). The summed E-state index contributed by atoms with van der Waals surface area (Å²) in [7, 11) is 0. The summed E-state index contributed by atoms with van der Waals surface area (Å²) in [5.41, 5.74) is 6.18. The van der Waals surface area contributed by atoms with Crippen LogP contribution in [0.15, 0.2) is 12.1 Å². The monoisotopic (exact) mass is 239 g/mol. The van der Waals surface area contributed by atoms with E-state index in [0.717, 1.165) is 12.5 Å². The Balaban J connectivity index is 2.34. The van der Waals surface area contributed by atoms with Crippen LogP contribution in [0.1, 0.15) is 19.2 Å². The molecular formula is C12H15F2N3. The van der Waals surface area contributed by atoms with Gasteiger partial charge >= 0.3 is 0 Å². The highest BCUT2D eigenvalue weighted by Gasteiger charge is 2.12. The van der Waals surface area contributed by atoms with Crippen LogP contribution in [-0.2, 0) is 6.42 Å². The number of nitrogens with zero attached hydrogens (tertiary/aromatic N) is 1. The summed E-state index contributed by atoms with van der Waals surface area (Å²) in [5, 5.41) is 0. The molecule has 3 N–H and O–H groups in total. The molecule has 0 saturated heterocycles. The Kier molecular flexibility index (Phi) is 3.38. The second kappa shape index (κ2) is 4.79. The quantitative estimate of drug-likeness (QED) is 0.860. The van der Waals surface area contributed by atoms with Gasteiger partial charge in [0, 0.05) is 12.5 Å². The Bertz CT molecular complexity index is 518. The van der Waals surface area contributed by atoms with Crippen LogP contribution in [-0.4, -0.2) is 16.5 Å². The van der Waals surface area contributed by atoms with Gasteiger partial charge in [-0.25, -0.2) is 13.8 Å². The molecular weight excluding hydrogens is 224 g/mol. The fraction of sp³-hybridized carbons (Fsp3) is 0.417. The molecule has 0 spiro atoms. The molecule has 0 aliphatic heterocycles. The molecule has 1 aromatic heterocycles. The van der Waals surface area contributed by atoms with Gasteiger partial charge in [-0.15, -0.1) is 0 Å². The molecule has 0 amide bonds. The van der Waals surface area contributed by atoms with Gasteiger partial charge in [0.25, 0.3) is 0 Å². The van der Waals surface area contributed by atoms with Crippen molar-refractivity contribution in [2.45, 2.75) is 19.8 Å². The number of rotatable bonds is 4. The molecule has 2 aromatic rings. The number of hydrogen-bond donors (Lipinski definition) is 2. The van der Waals surface area contributed by atoms with Crippen molar-refractivity contribution in [1.29, 1.82) is 0 Å². The Morgan fingerprint density at radius 1 is 1.41 bits per heavy atom. The molecule has 1 heterocycles. The van der Waals surface area contributed by atoms with E-state index in [9.17, 15) is 8.78 Å². The molecule has 0 aliphatic rings. The van der Waals surface area contributed by atoms with E-state index in [2.05, 4.69) is 9.97 Å². The summed E-state index contributed by atoms with van der Waals surface area (Å²) in [6, 6.07) is 2.09. The first-order valence-electron chi connectivity index (χ1n) is 5.67. The van der Waals surface area contributed by atoms with E-state index >= 15 is 0 Å². The predicted octanol–water partition coefficient (Wildman–Crippen LogP) is 2.37. The normalized spacial score (nSPS) is 13.2. The van der Waals surface area contributed by atoms with Gasteiger partial charge in [0.05, 0.1) is 5.52 Å².